The van der Waals surface area contributed by atoms with Gasteiger partial charge in [0, 0.05) is 13.6 Å². The van der Waals surface area contributed by atoms with E-state index in [0.717, 1.165) is 0 Å². The van der Waals surface area contributed by atoms with Crippen LogP contribution >= 0.6 is 0 Å². The Bertz CT molecular complexity index is 184. The molecule has 4 nitrogen and oxygen atoms in total. The lowest BCUT2D eigenvalue weighted by Crippen LogP contribution is -2.35. The Labute approximate surface area is 85.9 Å². The van der Waals surface area contributed by atoms with Crippen LogP contribution in [0.3, 0.4) is 0 Å². The third kappa shape index (κ3) is 6.71. The van der Waals surface area contributed by atoms with Crippen LogP contribution in [-0.2, 0) is 4.74 Å². The van der Waals surface area contributed by atoms with Crippen molar-refractivity contribution < 1.29 is 14.6 Å². The Morgan fingerprint density at radius 3 is 2.36 bits per heavy atom. The zero-order valence-electron chi connectivity index (χ0n) is 9.70. The first-order valence-corrected chi connectivity index (χ1v) is 4.84. The topological polar surface area (TPSA) is 49.8 Å². The smallest absolute Gasteiger partial charge is 0.410 e. The van der Waals surface area contributed by atoms with Crippen LogP contribution in [0.25, 0.3) is 0 Å². The lowest BCUT2D eigenvalue weighted by molar-refractivity contribution is 0.0278. The van der Waals surface area contributed by atoms with Crippen molar-refractivity contribution in [1.82, 2.24) is 4.90 Å². The highest BCUT2D eigenvalue weighted by molar-refractivity contribution is 5.67. The van der Waals surface area contributed by atoms with Crippen LogP contribution in [0.2, 0.25) is 0 Å². The molecule has 0 aliphatic rings. The number of amides is 1. The maximum atomic E-state index is 11.4. The van der Waals surface area contributed by atoms with Crippen molar-refractivity contribution in [2.45, 2.75) is 45.8 Å². The number of rotatable bonds is 3. The van der Waals surface area contributed by atoms with E-state index < -0.39 is 5.60 Å². The molecule has 0 aliphatic heterocycles. The number of carbonyl (C=O) groups excluding carboxylic acids is 1. The van der Waals surface area contributed by atoms with Gasteiger partial charge in [0.05, 0.1) is 6.10 Å². The van der Waals surface area contributed by atoms with Gasteiger partial charge in [-0.2, -0.15) is 0 Å². The molecular formula is C10H21NO3. The minimum Gasteiger partial charge on any atom is -0.444 e. The molecule has 0 bridgehead atoms. The van der Waals surface area contributed by atoms with Gasteiger partial charge < -0.3 is 14.7 Å². The van der Waals surface area contributed by atoms with Crippen LogP contribution in [-0.4, -0.2) is 41.4 Å². The van der Waals surface area contributed by atoms with E-state index in [-0.39, 0.29) is 12.2 Å². The third-order valence-corrected chi connectivity index (χ3v) is 1.59. The number of ether oxygens (including phenoxy) is 1. The van der Waals surface area contributed by atoms with Crippen LogP contribution in [0.15, 0.2) is 0 Å². The van der Waals surface area contributed by atoms with Crippen molar-refractivity contribution in [2.24, 2.45) is 0 Å². The molecule has 0 aromatic carbocycles. The molecule has 0 saturated carbocycles. The van der Waals surface area contributed by atoms with Crippen LogP contribution < -0.4 is 0 Å². The molecule has 0 rings (SSSR count). The monoisotopic (exact) mass is 203 g/mol. The highest BCUT2D eigenvalue weighted by Crippen LogP contribution is 2.09. The first-order chi connectivity index (χ1) is 6.22. The zero-order valence-corrected chi connectivity index (χ0v) is 9.70. The van der Waals surface area contributed by atoms with E-state index in [1.54, 1.807) is 14.0 Å². The molecule has 0 unspecified atom stereocenters. The molecule has 1 N–H and O–H groups in total. The summed E-state index contributed by atoms with van der Waals surface area (Å²) in [5.74, 6) is 0. The predicted octanol–water partition coefficient (Wildman–Crippen LogP) is 1.62. The fourth-order valence-corrected chi connectivity index (χ4v) is 0.812. The Morgan fingerprint density at radius 2 is 2.00 bits per heavy atom. The van der Waals surface area contributed by atoms with E-state index >= 15 is 0 Å². The van der Waals surface area contributed by atoms with E-state index in [4.69, 9.17) is 9.84 Å². The quantitative estimate of drug-likeness (QED) is 0.758. The number of aliphatic hydroxyl groups is 1. The van der Waals surface area contributed by atoms with Crippen LogP contribution in [0.5, 0.6) is 0 Å². The molecule has 0 heterocycles. The van der Waals surface area contributed by atoms with Crippen molar-refractivity contribution in [2.75, 3.05) is 13.6 Å². The molecule has 0 radical (unpaired) electrons. The molecule has 84 valence electrons. The standard InChI is InChI=1S/C10H21NO3/c1-8(12)6-7-11(5)9(13)14-10(2,3)4/h8,12H,6-7H2,1-5H3/t8-/m0/s1. The van der Waals surface area contributed by atoms with Gasteiger partial charge in [-0.25, -0.2) is 4.79 Å². The fourth-order valence-electron chi connectivity index (χ4n) is 0.812. The number of carbonyl (C=O) groups is 1. The maximum absolute atomic E-state index is 11.4. The molecule has 1 atom stereocenters. The van der Waals surface area contributed by atoms with Gasteiger partial charge in [-0.15, -0.1) is 0 Å². The molecule has 0 spiro atoms. The van der Waals surface area contributed by atoms with Gasteiger partial charge in [0.15, 0.2) is 0 Å². The van der Waals surface area contributed by atoms with Gasteiger partial charge in [-0.3, -0.25) is 0 Å². The second-order valence-electron chi connectivity index (χ2n) is 4.54. The van der Waals surface area contributed by atoms with Crippen LogP contribution in [0.1, 0.15) is 34.1 Å². The number of nitrogens with zero attached hydrogens (tertiary/aromatic N) is 1. The largest absolute Gasteiger partial charge is 0.444 e. The molecule has 0 fully saturated rings. The summed E-state index contributed by atoms with van der Waals surface area (Å²) in [6.07, 6.45) is -0.173. The van der Waals surface area contributed by atoms with Crippen molar-refractivity contribution >= 4 is 6.09 Å². The van der Waals surface area contributed by atoms with E-state index in [1.165, 1.54) is 4.90 Å². The summed E-state index contributed by atoms with van der Waals surface area (Å²) >= 11 is 0. The van der Waals surface area contributed by atoms with Crippen LogP contribution in [0.4, 0.5) is 4.79 Å². The molecule has 0 aromatic heterocycles. The highest BCUT2D eigenvalue weighted by Gasteiger charge is 2.19. The first kappa shape index (κ1) is 13.2. The molecule has 14 heavy (non-hydrogen) atoms. The lowest BCUT2D eigenvalue weighted by atomic mass is 10.2. The van der Waals surface area contributed by atoms with Gasteiger partial charge in [0.2, 0.25) is 0 Å². The summed E-state index contributed by atoms with van der Waals surface area (Å²) in [7, 11) is 1.66. The zero-order chi connectivity index (χ0) is 11.4. The van der Waals surface area contributed by atoms with Crippen LogP contribution in [0, 0.1) is 0 Å². The number of hydrogen-bond acceptors (Lipinski definition) is 3. The number of aliphatic hydroxyl groups excluding tert-OH is 1. The van der Waals surface area contributed by atoms with Gasteiger partial charge in [-0.1, -0.05) is 0 Å². The second kappa shape index (κ2) is 5.20. The summed E-state index contributed by atoms with van der Waals surface area (Å²) in [4.78, 5) is 12.9. The number of hydrogen-bond donors (Lipinski definition) is 1. The van der Waals surface area contributed by atoms with Crippen molar-refractivity contribution in [1.29, 1.82) is 0 Å². The van der Waals surface area contributed by atoms with Crippen molar-refractivity contribution in [3.05, 3.63) is 0 Å². The van der Waals surface area contributed by atoms with Crippen molar-refractivity contribution in [3.63, 3.8) is 0 Å². The average Bonchev–Trinajstić information content (AvgIpc) is 1.96. The predicted molar refractivity (Wildman–Crippen MR) is 55.2 cm³/mol. The van der Waals surface area contributed by atoms with E-state index in [0.29, 0.717) is 13.0 Å². The Kier molecular flexibility index (Phi) is 4.91. The molecule has 4 heteroatoms. The summed E-state index contributed by atoms with van der Waals surface area (Å²) < 4.78 is 5.14. The minimum absolute atomic E-state index is 0.349. The SMILES string of the molecule is C[C@H](O)CCN(C)C(=O)OC(C)(C)C. The molecule has 0 aromatic rings. The van der Waals surface area contributed by atoms with E-state index in [9.17, 15) is 4.79 Å². The Hall–Kier alpha value is -0.770. The summed E-state index contributed by atoms with van der Waals surface area (Å²) in [5.41, 5.74) is -0.462. The Morgan fingerprint density at radius 1 is 1.50 bits per heavy atom. The minimum atomic E-state index is -0.462. The second-order valence-corrected chi connectivity index (χ2v) is 4.54. The van der Waals surface area contributed by atoms with Gasteiger partial charge in [-0.05, 0) is 34.1 Å². The van der Waals surface area contributed by atoms with E-state index in [1.807, 2.05) is 20.8 Å². The summed E-state index contributed by atoms with van der Waals surface area (Å²) in [6.45, 7) is 7.68. The fraction of sp³-hybridized carbons (Fsp3) is 0.900. The normalized spacial score (nSPS) is 13.6. The lowest BCUT2D eigenvalue weighted by Gasteiger charge is -2.24. The highest BCUT2D eigenvalue weighted by atomic mass is 16.6. The third-order valence-electron chi connectivity index (χ3n) is 1.59. The average molecular weight is 203 g/mol. The molecule has 0 saturated heterocycles. The summed E-state index contributed by atoms with van der Waals surface area (Å²) in [6, 6.07) is 0. The van der Waals surface area contributed by atoms with Gasteiger partial charge in [0.25, 0.3) is 0 Å². The van der Waals surface area contributed by atoms with Crippen molar-refractivity contribution in [3.8, 4) is 0 Å². The molecular weight excluding hydrogens is 182 g/mol. The van der Waals surface area contributed by atoms with E-state index in [2.05, 4.69) is 0 Å². The first-order valence-electron chi connectivity index (χ1n) is 4.84. The maximum Gasteiger partial charge on any atom is 0.410 e. The summed E-state index contributed by atoms with van der Waals surface area (Å²) in [5, 5.41) is 9.04. The Balaban J connectivity index is 3.88. The van der Waals surface area contributed by atoms with Gasteiger partial charge >= 0.3 is 6.09 Å². The molecule has 1 amide bonds. The molecule has 0 aliphatic carbocycles. The van der Waals surface area contributed by atoms with Gasteiger partial charge in [0.1, 0.15) is 5.60 Å².